The fraction of sp³-hybridized carbons (Fsp3) is 0.0625. The van der Waals surface area contributed by atoms with E-state index in [-0.39, 0.29) is 27.4 Å². The summed E-state index contributed by atoms with van der Waals surface area (Å²) >= 11 is 11.8. The lowest BCUT2D eigenvalue weighted by Crippen LogP contribution is -2.12. The Morgan fingerprint density at radius 1 is 1.12 bits per heavy atom. The molecule has 1 aromatic heterocycles. The zero-order valence-corrected chi connectivity index (χ0v) is 15.6. The van der Waals surface area contributed by atoms with Crippen molar-refractivity contribution in [2.24, 2.45) is 0 Å². The molecule has 1 heterocycles. The highest BCUT2D eigenvalue weighted by atomic mass is 35.5. The van der Waals surface area contributed by atoms with Crippen LogP contribution in [-0.2, 0) is 9.84 Å². The molecule has 0 unspecified atom stereocenters. The molecule has 0 spiro atoms. The van der Waals surface area contributed by atoms with Gasteiger partial charge in [0.1, 0.15) is 0 Å². The summed E-state index contributed by atoms with van der Waals surface area (Å²) in [5.74, 6) is -0.513. The summed E-state index contributed by atoms with van der Waals surface area (Å²) in [5.41, 5.74) is 0.555. The monoisotopic (exact) mass is 411 g/mol. The molecule has 3 rings (SSSR count). The van der Waals surface area contributed by atoms with Gasteiger partial charge in [-0.3, -0.25) is 10.1 Å². The summed E-state index contributed by atoms with van der Waals surface area (Å²) in [4.78, 5) is 12.4. The van der Waals surface area contributed by atoms with E-state index in [1.165, 1.54) is 24.3 Å². The number of amides is 1. The maximum atomic E-state index is 12.3. The lowest BCUT2D eigenvalue weighted by atomic mass is 10.2. The van der Waals surface area contributed by atoms with Gasteiger partial charge in [-0.15, -0.1) is 5.10 Å². The van der Waals surface area contributed by atoms with Crippen molar-refractivity contribution < 1.29 is 17.6 Å². The van der Waals surface area contributed by atoms with E-state index in [1.807, 2.05) is 0 Å². The SMILES string of the molecule is CS(=O)(=O)c1cccc(-c2nnc(NC(=O)c3cc(Cl)ccc3Cl)o2)c1. The molecule has 0 fully saturated rings. The number of anilines is 1. The highest BCUT2D eigenvalue weighted by Gasteiger charge is 2.16. The molecular formula is C16H11Cl2N3O4S. The largest absolute Gasteiger partial charge is 0.403 e. The summed E-state index contributed by atoms with van der Waals surface area (Å²) in [6.07, 6.45) is 1.10. The normalized spacial score (nSPS) is 11.3. The van der Waals surface area contributed by atoms with E-state index < -0.39 is 15.7 Å². The minimum absolute atomic E-state index is 0.0583. The number of rotatable bonds is 4. The Balaban J connectivity index is 1.85. The number of hydrogen-bond donors (Lipinski definition) is 1. The van der Waals surface area contributed by atoms with Gasteiger partial charge in [0.05, 0.1) is 15.5 Å². The average molecular weight is 412 g/mol. The minimum atomic E-state index is -3.38. The number of halogens is 2. The number of hydrogen-bond acceptors (Lipinski definition) is 6. The first-order valence-corrected chi connectivity index (χ1v) is 9.79. The molecule has 7 nitrogen and oxygen atoms in total. The van der Waals surface area contributed by atoms with Crippen LogP contribution in [-0.4, -0.2) is 30.8 Å². The van der Waals surface area contributed by atoms with E-state index in [4.69, 9.17) is 27.6 Å². The number of nitrogens with zero attached hydrogens (tertiary/aromatic N) is 2. The molecule has 26 heavy (non-hydrogen) atoms. The topological polar surface area (TPSA) is 102 Å². The average Bonchev–Trinajstić information content (AvgIpc) is 3.05. The number of carbonyl (C=O) groups excluding carboxylic acids is 1. The van der Waals surface area contributed by atoms with Gasteiger partial charge in [-0.25, -0.2) is 8.42 Å². The first-order valence-electron chi connectivity index (χ1n) is 7.14. The number of carbonyl (C=O) groups is 1. The molecule has 0 radical (unpaired) electrons. The highest BCUT2D eigenvalue weighted by molar-refractivity contribution is 7.90. The molecular weight excluding hydrogens is 401 g/mol. The molecule has 0 atom stereocenters. The summed E-state index contributed by atoms with van der Waals surface area (Å²) in [5, 5.41) is 10.5. The van der Waals surface area contributed by atoms with Crippen molar-refractivity contribution in [1.82, 2.24) is 10.2 Å². The molecule has 0 bridgehead atoms. The van der Waals surface area contributed by atoms with Crippen LogP contribution >= 0.6 is 23.2 Å². The standard InChI is InChI=1S/C16H11Cl2N3O4S/c1-26(23,24)11-4-2-3-9(7-11)15-20-21-16(25-15)19-14(22)12-8-10(17)5-6-13(12)18/h2-8H,1H3,(H,19,21,22). The lowest BCUT2D eigenvalue weighted by Gasteiger charge is -2.03. The van der Waals surface area contributed by atoms with Crippen molar-refractivity contribution in [1.29, 1.82) is 0 Å². The van der Waals surface area contributed by atoms with Gasteiger partial charge >= 0.3 is 6.01 Å². The molecule has 1 amide bonds. The molecule has 0 aliphatic carbocycles. The van der Waals surface area contributed by atoms with Gasteiger partial charge in [0.25, 0.3) is 5.91 Å². The van der Waals surface area contributed by atoms with Crippen LogP contribution in [0.5, 0.6) is 0 Å². The summed E-state index contributed by atoms with van der Waals surface area (Å²) in [6.45, 7) is 0. The quantitative estimate of drug-likeness (QED) is 0.701. The fourth-order valence-corrected chi connectivity index (χ4v) is 3.13. The minimum Gasteiger partial charge on any atom is -0.403 e. The van der Waals surface area contributed by atoms with E-state index in [0.29, 0.717) is 10.6 Å². The Labute approximate surface area is 158 Å². The van der Waals surface area contributed by atoms with Crippen molar-refractivity contribution in [2.45, 2.75) is 4.90 Å². The smallest absolute Gasteiger partial charge is 0.322 e. The lowest BCUT2D eigenvalue weighted by molar-refractivity contribution is 0.102. The fourth-order valence-electron chi connectivity index (χ4n) is 2.09. The van der Waals surface area contributed by atoms with Gasteiger partial charge in [-0.05, 0) is 36.4 Å². The molecule has 0 aliphatic rings. The number of aromatic nitrogens is 2. The van der Waals surface area contributed by atoms with Crippen molar-refractivity contribution in [2.75, 3.05) is 11.6 Å². The molecule has 3 aromatic rings. The zero-order chi connectivity index (χ0) is 18.9. The summed E-state index contributed by atoms with van der Waals surface area (Å²) < 4.78 is 28.6. The van der Waals surface area contributed by atoms with E-state index >= 15 is 0 Å². The van der Waals surface area contributed by atoms with Gasteiger partial charge in [-0.1, -0.05) is 34.4 Å². The van der Waals surface area contributed by atoms with Gasteiger partial charge in [0.2, 0.25) is 5.89 Å². The van der Waals surface area contributed by atoms with E-state index in [1.54, 1.807) is 18.2 Å². The van der Waals surface area contributed by atoms with Gasteiger partial charge in [0.15, 0.2) is 9.84 Å². The zero-order valence-electron chi connectivity index (χ0n) is 13.2. The summed E-state index contributed by atoms with van der Waals surface area (Å²) in [6, 6.07) is 10.3. The van der Waals surface area contributed by atoms with Gasteiger partial charge in [-0.2, -0.15) is 0 Å². The van der Waals surface area contributed by atoms with Crippen molar-refractivity contribution in [3.63, 3.8) is 0 Å². The Hall–Kier alpha value is -2.42. The third kappa shape index (κ3) is 4.04. The Kier molecular flexibility index (Phi) is 4.99. The van der Waals surface area contributed by atoms with Crippen molar-refractivity contribution in [3.8, 4) is 11.5 Å². The van der Waals surface area contributed by atoms with Crippen LogP contribution in [0.3, 0.4) is 0 Å². The Bertz CT molecular complexity index is 1100. The maximum absolute atomic E-state index is 12.3. The number of benzene rings is 2. The Morgan fingerprint density at radius 2 is 1.88 bits per heavy atom. The van der Waals surface area contributed by atoms with E-state index in [0.717, 1.165) is 6.26 Å². The first-order chi connectivity index (χ1) is 12.2. The predicted molar refractivity (Wildman–Crippen MR) is 97.3 cm³/mol. The molecule has 1 N–H and O–H groups in total. The molecule has 0 aliphatic heterocycles. The third-order valence-corrected chi connectivity index (χ3v) is 5.00. The first kappa shape index (κ1) is 18.4. The van der Waals surface area contributed by atoms with Crippen molar-refractivity contribution in [3.05, 3.63) is 58.1 Å². The second-order valence-electron chi connectivity index (χ2n) is 5.29. The third-order valence-electron chi connectivity index (χ3n) is 3.33. The molecule has 0 saturated heterocycles. The van der Waals surface area contributed by atoms with Crippen LogP contribution < -0.4 is 5.32 Å². The van der Waals surface area contributed by atoms with E-state index in [9.17, 15) is 13.2 Å². The van der Waals surface area contributed by atoms with Crippen LogP contribution in [0.2, 0.25) is 10.0 Å². The second kappa shape index (κ2) is 7.06. The predicted octanol–water partition coefficient (Wildman–Crippen LogP) is 3.70. The van der Waals surface area contributed by atoms with Gasteiger partial charge < -0.3 is 4.42 Å². The van der Waals surface area contributed by atoms with Crippen LogP contribution in [0, 0.1) is 0 Å². The highest BCUT2D eigenvalue weighted by Crippen LogP contribution is 2.24. The number of sulfone groups is 1. The molecule has 134 valence electrons. The van der Waals surface area contributed by atoms with Crippen molar-refractivity contribution >= 4 is 45.0 Å². The number of nitrogens with one attached hydrogen (secondary N) is 1. The molecule has 0 saturated carbocycles. The van der Waals surface area contributed by atoms with E-state index in [2.05, 4.69) is 15.5 Å². The van der Waals surface area contributed by atoms with Crippen LogP contribution in [0.15, 0.2) is 51.8 Å². The molecule has 2 aromatic carbocycles. The maximum Gasteiger partial charge on any atom is 0.322 e. The molecule has 10 heteroatoms. The Morgan fingerprint density at radius 3 is 2.62 bits per heavy atom. The van der Waals surface area contributed by atoms with Crippen LogP contribution in [0.25, 0.3) is 11.5 Å². The van der Waals surface area contributed by atoms with Gasteiger partial charge in [0, 0.05) is 16.8 Å². The second-order valence-corrected chi connectivity index (χ2v) is 8.15. The summed E-state index contributed by atoms with van der Waals surface area (Å²) in [7, 11) is -3.38. The van der Waals surface area contributed by atoms with Crippen LogP contribution in [0.4, 0.5) is 6.01 Å². The van der Waals surface area contributed by atoms with Crippen LogP contribution in [0.1, 0.15) is 10.4 Å².